The van der Waals surface area contributed by atoms with Crippen molar-refractivity contribution in [3.8, 4) is 0 Å². The van der Waals surface area contributed by atoms with Crippen LogP contribution in [-0.4, -0.2) is 64.7 Å². The molecule has 0 spiro atoms. The van der Waals surface area contributed by atoms with Gasteiger partial charge in [-0.05, 0) is 18.3 Å². The molecule has 1 saturated carbocycles. The SMILES string of the molecule is O=C(O)NCC1(CC(=O)N2CCN(c3ncc(C(F)(F)F)cn3)CC2)CC1. The first-order valence-electron chi connectivity index (χ1n) is 8.57. The van der Waals surface area contributed by atoms with Gasteiger partial charge < -0.3 is 20.2 Å². The van der Waals surface area contributed by atoms with Crippen molar-refractivity contribution in [1.82, 2.24) is 20.2 Å². The molecule has 148 valence electrons. The summed E-state index contributed by atoms with van der Waals surface area (Å²) in [4.78, 5) is 34.1. The molecule has 8 nitrogen and oxygen atoms in total. The molecule has 2 amide bonds. The minimum absolute atomic E-state index is 0.0346. The van der Waals surface area contributed by atoms with Crippen molar-refractivity contribution in [2.45, 2.75) is 25.4 Å². The predicted octanol–water partition coefficient (Wildman–Crippen LogP) is 1.58. The Labute approximate surface area is 153 Å². The molecule has 1 aliphatic heterocycles. The molecular formula is C16H20F3N5O3. The van der Waals surface area contributed by atoms with Crippen LogP contribution in [0.25, 0.3) is 0 Å². The molecule has 11 heteroatoms. The maximum Gasteiger partial charge on any atom is 0.419 e. The molecule has 2 N–H and O–H groups in total. The Morgan fingerprint density at radius 1 is 1.15 bits per heavy atom. The van der Waals surface area contributed by atoms with E-state index in [2.05, 4.69) is 15.3 Å². The van der Waals surface area contributed by atoms with E-state index in [9.17, 15) is 22.8 Å². The van der Waals surface area contributed by atoms with Gasteiger partial charge in [-0.2, -0.15) is 13.2 Å². The Balaban J connectivity index is 1.50. The third kappa shape index (κ3) is 4.77. The quantitative estimate of drug-likeness (QED) is 0.796. The Kier molecular flexibility index (Phi) is 5.11. The summed E-state index contributed by atoms with van der Waals surface area (Å²) in [5.74, 6) is 0.173. The number of nitrogens with one attached hydrogen (secondary N) is 1. The summed E-state index contributed by atoms with van der Waals surface area (Å²) in [6.07, 6.45) is -2.13. The van der Waals surface area contributed by atoms with Gasteiger partial charge in [-0.3, -0.25) is 4.79 Å². The molecule has 2 aliphatic rings. The standard InChI is InChI=1S/C16H20F3N5O3/c17-16(18,19)11-8-20-13(21-9-11)24-5-3-23(4-6-24)12(25)7-15(1-2-15)10-22-14(26)27/h8-9,22H,1-7,10H2,(H,26,27). The van der Waals surface area contributed by atoms with E-state index < -0.39 is 17.8 Å². The zero-order valence-electron chi connectivity index (χ0n) is 14.5. The number of carbonyl (C=O) groups excluding carboxylic acids is 1. The van der Waals surface area contributed by atoms with Gasteiger partial charge in [0.15, 0.2) is 0 Å². The number of carbonyl (C=O) groups is 2. The minimum atomic E-state index is -4.47. The van der Waals surface area contributed by atoms with Crippen LogP contribution in [0.5, 0.6) is 0 Å². The molecule has 1 saturated heterocycles. The van der Waals surface area contributed by atoms with E-state index in [1.165, 1.54) is 0 Å². The van der Waals surface area contributed by atoms with Crippen LogP contribution in [0.2, 0.25) is 0 Å². The van der Waals surface area contributed by atoms with Gasteiger partial charge in [-0.15, -0.1) is 0 Å². The van der Waals surface area contributed by atoms with Crippen molar-refractivity contribution in [1.29, 1.82) is 0 Å². The first-order valence-corrected chi connectivity index (χ1v) is 8.57. The Morgan fingerprint density at radius 2 is 1.74 bits per heavy atom. The summed E-state index contributed by atoms with van der Waals surface area (Å²) in [6.45, 7) is 1.97. The highest BCUT2D eigenvalue weighted by Crippen LogP contribution is 2.48. The summed E-state index contributed by atoms with van der Waals surface area (Å²) in [7, 11) is 0. The lowest BCUT2D eigenvalue weighted by Gasteiger charge is -2.35. The van der Waals surface area contributed by atoms with Crippen molar-refractivity contribution in [2.24, 2.45) is 5.41 Å². The van der Waals surface area contributed by atoms with Gasteiger partial charge in [0.05, 0.1) is 5.56 Å². The number of piperazine rings is 1. The number of hydrogen-bond acceptors (Lipinski definition) is 5. The fraction of sp³-hybridized carbons (Fsp3) is 0.625. The topological polar surface area (TPSA) is 98.7 Å². The highest BCUT2D eigenvalue weighted by molar-refractivity contribution is 5.78. The van der Waals surface area contributed by atoms with E-state index in [0.29, 0.717) is 32.6 Å². The highest BCUT2D eigenvalue weighted by atomic mass is 19.4. The molecule has 1 aromatic heterocycles. The summed E-state index contributed by atoms with van der Waals surface area (Å²) in [6, 6.07) is 0. The van der Waals surface area contributed by atoms with Crippen molar-refractivity contribution < 1.29 is 27.9 Å². The monoisotopic (exact) mass is 387 g/mol. The first-order chi connectivity index (χ1) is 12.7. The number of nitrogens with zero attached hydrogens (tertiary/aromatic N) is 4. The zero-order chi connectivity index (χ0) is 19.7. The average Bonchev–Trinajstić information content (AvgIpc) is 3.39. The fourth-order valence-corrected chi connectivity index (χ4v) is 3.08. The average molecular weight is 387 g/mol. The lowest BCUT2D eigenvalue weighted by Crippen LogP contribution is -2.50. The molecule has 1 aliphatic carbocycles. The molecule has 0 bridgehead atoms. The van der Waals surface area contributed by atoms with E-state index in [1.807, 2.05) is 0 Å². The van der Waals surface area contributed by atoms with Gasteiger partial charge in [0.25, 0.3) is 0 Å². The van der Waals surface area contributed by atoms with Crippen LogP contribution in [0.3, 0.4) is 0 Å². The van der Waals surface area contributed by atoms with Gasteiger partial charge in [0, 0.05) is 51.5 Å². The van der Waals surface area contributed by atoms with Crippen molar-refractivity contribution in [3.63, 3.8) is 0 Å². The summed E-state index contributed by atoms with van der Waals surface area (Å²) < 4.78 is 37.7. The number of hydrogen-bond donors (Lipinski definition) is 2. The number of halogens is 3. The number of rotatable bonds is 5. The molecule has 0 unspecified atom stereocenters. The van der Waals surface area contributed by atoms with Crippen LogP contribution in [0.4, 0.5) is 23.9 Å². The van der Waals surface area contributed by atoms with Crippen LogP contribution in [0, 0.1) is 5.41 Å². The van der Waals surface area contributed by atoms with E-state index in [1.54, 1.807) is 9.80 Å². The molecule has 3 rings (SSSR count). The van der Waals surface area contributed by atoms with Crippen molar-refractivity contribution in [2.75, 3.05) is 37.6 Å². The molecule has 0 aromatic carbocycles. The van der Waals surface area contributed by atoms with E-state index in [4.69, 9.17) is 5.11 Å². The Morgan fingerprint density at radius 3 is 2.22 bits per heavy atom. The summed E-state index contributed by atoms with van der Waals surface area (Å²) >= 11 is 0. The van der Waals surface area contributed by atoms with E-state index in [0.717, 1.165) is 25.2 Å². The van der Waals surface area contributed by atoms with Crippen molar-refractivity contribution >= 4 is 17.9 Å². The Bertz CT molecular complexity index is 698. The third-order valence-corrected chi connectivity index (χ3v) is 4.98. The number of alkyl halides is 3. The maximum absolute atomic E-state index is 12.6. The molecule has 1 aromatic rings. The van der Waals surface area contributed by atoms with E-state index >= 15 is 0 Å². The molecule has 0 radical (unpaired) electrons. The smallest absolute Gasteiger partial charge is 0.419 e. The molecule has 0 atom stereocenters. The lowest BCUT2D eigenvalue weighted by atomic mass is 10.0. The largest absolute Gasteiger partial charge is 0.465 e. The predicted molar refractivity (Wildman–Crippen MR) is 88.1 cm³/mol. The minimum Gasteiger partial charge on any atom is -0.465 e. The van der Waals surface area contributed by atoms with Crippen LogP contribution in [0.1, 0.15) is 24.8 Å². The summed E-state index contributed by atoms with van der Waals surface area (Å²) in [5.41, 5.74) is -1.17. The number of aromatic nitrogens is 2. The summed E-state index contributed by atoms with van der Waals surface area (Å²) in [5, 5.41) is 11.0. The normalized spacial score (nSPS) is 18.9. The van der Waals surface area contributed by atoms with Crippen molar-refractivity contribution in [3.05, 3.63) is 18.0 Å². The van der Waals surface area contributed by atoms with Gasteiger partial charge in [0.1, 0.15) is 0 Å². The molecule has 2 fully saturated rings. The van der Waals surface area contributed by atoms with Gasteiger partial charge in [0.2, 0.25) is 11.9 Å². The number of anilines is 1. The third-order valence-electron chi connectivity index (χ3n) is 4.98. The second kappa shape index (κ2) is 7.20. The van der Waals surface area contributed by atoms with Crippen LogP contribution in [-0.2, 0) is 11.0 Å². The van der Waals surface area contributed by atoms with E-state index in [-0.39, 0.29) is 23.8 Å². The second-order valence-corrected chi connectivity index (χ2v) is 6.97. The van der Waals surface area contributed by atoms with Crippen LogP contribution < -0.4 is 10.2 Å². The molecular weight excluding hydrogens is 367 g/mol. The highest BCUT2D eigenvalue weighted by Gasteiger charge is 2.45. The first kappa shape index (κ1) is 19.2. The van der Waals surface area contributed by atoms with Gasteiger partial charge in [-0.1, -0.05) is 0 Å². The van der Waals surface area contributed by atoms with Crippen LogP contribution >= 0.6 is 0 Å². The zero-order valence-corrected chi connectivity index (χ0v) is 14.5. The Hall–Kier alpha value is -2.59. The molecule has 27 heavy (non-hydrogen) atoms. The molecule has 2 heterocycles. The lowest BCUT2D eigenvalue weighted by molar-refractivity contribution is -0.138. The number of carboxylic acid groups (broad SMARTS) is 1. The van der Waals surface area contributed by atoms with Gasteiger partial charge >= 0.3 is 12.3 Å². The fourth-order valence-electron chi connectivity index (χ4n) is 3.08. The van der Waals surface area contributed by atoms with Crippen LogP contribution in [0.15, 0.2) is 12.4 Å². The second-order valence-electron chi connectivity index (χ2n) is 6.97. The maximum atomic E-state index is 12.6. The number of amides is 2. The van der Waals surface area contributed by atoms with Gasteiger partial charge in [-0.25, -0.2) is 14.8 Å².